The lowest BCUT2D eigenvalue weighted by molar-refractivity contribution is -0.181. The summed E-state index contributed by atoms with van der Waals surface area (Å²) in [4.78, 5) is 23.0. The summed E-state index contributed by atoms with van der Waals surface area (Å²) in [5.41, 5.74) is 0.235. The highest BCUT2D eigenvalue weighted by Gasteiger charge is 2.43. The molecule has 0 heterocycles. The Morgan fingerprint density at radius 1 is 1.47 bits per heavy atom. The fraction of sp³-hybridized carbons (Fsp3) is 0.600. The average molecular weight is 264 g/mol. The lowest BCUT2D eigenvalue weighted by Gasteiger charge is -2.32. The highest BCUT2D eigenvalue weighted by molar-refractivity contribution is 5.81. The molecular formula is C15H20O4. The van der Waals surface area contributed by atoms with E-state index in [1.54, 1.807) is 0 Å². The topological polar surface area (TPSA) is 52.6 Å². The molecule has 2 unspecified atom stereocenters. The molecule has 0 amide bonds. The van der Waals surface area contributed by atoms with Gasteiger partial charge in [0.2, 0.25) is 5.60 Å². The first-order chi connectivity index (χ1) is 9.16. The zero-order valence-corrected chi connectivity index (χ0v) is 11.3. The number of esters is 1. The molecule has 4 nitrogen and oxygen atoms in total. The van der Waals surface area contributed by atoms with E-state index in [9.17, 15) is 9.59 Å². The Balaban J connectivity index is 2.00. The fourth-order valence-corrected chi connectivity index (χ4v) is 2.55. The van der Waals surface area contributed by atoms with Crippen LogP contribution >= 0.6 is 0 Å². The van der Waals surface area contributed by atoms with E-state index in [1.807, 2.05) is 12.2 Å². The molecule has 4 heteroatoms. The van der Waals surface area contributed by atoms with E-state index in [-0.39, 0.29) is 6.10 Å². The molecule has 0 radical (unpaired) electrons. The van der Waals surface area contributed by atoms with Crippen molar-refractivity contribution in [3.05, 3.63) is 23.8 Å². The summed E-state index contributed by atoms with van der Waals surface area (Å²) >= 11 is 0. The number of hydrogen-bond acceptors (Lipinski definition) is 4. The molecule has 0 aromatic rings. The maximum Gasteiger partial charge on any atom is 0.351 e. The van der Waals surface area contributed by atoms with Gasteiger partial charge in [0, 0.05) is 19.3 Å². The molecule has 2 rings (SSSR count). The van der Waals surface area contributed by atoms with Gasteiger partial charge in [-0.3, -0.25) is 4.79 Å². The van der Waals surface area contributed by atoms with Crippen molar-refractivity contribution in [1.82, 2.24) is 0 Å². The maximum atomic E-state index is 12.3. The minimum Gasteiger partial charge on any atom is -0.459 e. The van der Waals surface area contributed by atoms with Crippen LogP contribution in [0.2, 0.25) is 0 Å². The van der Waals surface area contributed by atoms with Crippen molar-refractivity contribution < 1.29 is 19.1 Å². The molecule has 0 bridgehead atoms. The number of allylic oxidation sites excluding steroid dienone is 2. The molecular weight excluding hydrogens is 244 g/mol. The summed E-state index contributed by atoms with van der Waals surface area (Å²) in [7, 11) is 0. The van der Waals surface area contributed by atoms with Gasteiger partial charge < -0.3 is 9.47 Å². The van der Waals surface area contributed by atoms with E-state index in [4.69, 9.17) is 9.47 Å². The zero-order valence-electron chi connectivity index (χ0n) is 11.3. The standard InChI is InChI=1S/C15H20O4/c1-12-5-7-13(8-6-12)19-14(17)15(18-11-16)9-3-2-4-10-15/h2-3,5,11,13H,4,6-10H2,1H3. The number of carbonyl (C=O) groups is 2. The molecule has 2 aliphatic rings. The van der Waals surface area contributed by atoms with Crippen molar-refractivity contribution in [2.45, 2.75) is 57.2 Å². The largest absolute Gasteiger partial charge is 0.459 e. The monoisotopic (exact) mass is 264 g/mol. The molecule has 2 atom stereocenters. The molecule has 0 N–H and O–H groups in total. The third-order valence-electron chi connectivity index (χ3n) is 3.84. The summed E-state index contributed by atoms with van der Waals surface area (Å²) in [5.74, 6) is -0.401. The quantitative estimate of drug-likeness (QED) is 0.445. The molecule has 2 aliphatic carbocycles. The maximum absolute atomic E-state index is 12.3. The van der Waals surface area contributed by atoms with Crippen molar-refractivity contribution in [2.24, 2.45) is 0 Å². The van der Waals surface area contributed by atoms with E-state index in [2.05, 4.69) is 13.0 Å². The van der Waals surface area contributed by atoms with Gasteiger partial charge in [-0.2, -0.15) is 0 Å². The first-order valence-corrected chi connectivity index (χ1v) is 6.79. The first-order valence-electron chi connectivity index (χ1n) is 6.79. The van der Waals surface area contributed by atoms with Crippen LogP contribution in [0, 0.1) is 0 Å². The predicted molar refractivity (Wildman–Crippen MR) is 70.4 cm³/mol. The number of ether oxygens (including phenoxy) is 2. The highest BCUT2D eigenvalue weighted by atomic mass is 16.6. The van der Waals surface area contributed by atoms with E-state index in [1.165, 1.54) is 5.57 Å². The van der Waals surface area contributed by atoms with Crippen LogP contribution < -0.4 is 0 Å². The number of rotatable bonds is 4. The van der Waals surface area contributed by atoms with Crippen molar-refractivity contribution in [2.75, 3.05) is 0 Å². The highest BCUT2D eigenvalue weighted by Crippen LogP contribution is 2.30. The summed E-state index contributed by atoms with van der Waals surface area (Å²) in [6.45, 7) is 2.44. The lowest BCUT2D eigenvalue weighted by Crippen LogP contribution is -2.45. The summed E-state index contributed by atoms with van der Waals surface area (Å²) in [6, 6.07) is 0. The van der Waals surface area contributed by atoms with Crippen LogP contribution in [0.25, 0.3) is 0 Å². The molecule has 0 aromatic heterocycles. The van der Waals surface area contributed by atoms with Gasteiger partial charge in [0.15, 0.2) is 0 Å². The van der Waals surface area contributed by atoms with Crippen molar-refractivity contribution in [1.29, 1.82) is 0 Å². The van der Waals surface area contributed by atoms with E-state index >= 15 is 0 Å². The molecule has 0 aromatic carbocycles. The zero-order chi connectivity index (χ0) is 13.7. The van der Waals surface area contributed by atoms with E-state index < -0.39 is 11.6 Å². The lowest BCUT2D eigenvalue weighted by atomic mass is 9.89. The van der Waals surface area contributed by atoms with Crippen LogP contribution in [0.5, 0.6) is 0 Å². The third kappa shape index (κ3) is 3.25. The fourth-order valence-electron chi connectivity index (χ4n) is 2.55. The first kappa shape index (κ1) is 13.8. The van der Waals surface area contributed by atoms with Gasteiger partial charge in [0.1, 0.15) is 6.10 Å². The minimum atomic E-state index is -1.10. The van der Waals surface area contributed by atoms with E-state index in [0.29, 0.717) is 19.3 Å². The van der Waals surface area contributed by atoms with Crippen molar-refractivity contribution >= 4 is 12.4 Å². The van der Waals surface area contributed by atoms with Crippen LogP contribution in [0.1, 0.15) is 45.4 Å². The molecule has 0 fully saturated rings. The molecule has 104 valence electrons. The van der Waals surface area contributed by atoms with Gasteiger partial charge in [-0.1, -0.05) is 23.8 Å². The second-order valence-electron chi connectivity index (χ2n) is 5.27. The van der Waals surface area contributed by atoms with Crippen LogP contribution in [-0.4, -0.2) is 24.1 Å². The van der Waals surface area contributed by atoms with Gasteiger partial charge in [-0.25, -0.2) is 4.79 Å². The molecule has 0 spiro atoms. The SMILES string of the molecule is CC1=CCC(OC(=O)C2(OC=O)CC=CCC2)CC1. The summed E-state index contributed by atoms with van der Waals surface area (Å²) in [5, 5.41) is 0. The predicted octanol–water partition coefficient (Wildman–Crippen LogP) is 2.68. The van der Waals surface area contributed by atoms with Crippen LogP contribution in [0.15, 0.2) is 23.8 Å². The van der Waals surface area contributed by atoms with Crippen LogP contribution in [0.4, 0.5) is 0 Å². The van der Waals surface area contributed by atoms with Gasteiger partial charge >= 0.3 is 5.97 Å². The Morgan fingerprint density at radius 3 is 2.89 bits per heavy atom. The minimum absolute atomic E-state index is 0.0887. The van der Waals surface area contributed by atoms with E-state index in [0.717, 1.165) is 25.7 Å². The summed E-state index contributed by atoms with van der Waals surface area (Å²) < 4.78 is 10.6. The third-order valence-corrected chi connectivity index (χ3v) is 3.84. The Kier molecular flexibility index (Phi) is 4.40. The van der Waals surface area contributed by atoms with Crippen LogP contribution in [0.3, 0.4) is 0 Å². The van der Waals surface area contributed by atoms with Gasteiger partial charge in [0.25, 0.3) is 6.47 Å². The van der Waals surface area contributed by atoms with Gasteiger partial charge in [-0.05, 0) is 26.2 Å². The van der Waals surface area contributed by atoms with Crippen molar-refractivity contribution in [3.63, 3.8) is 0 Å². The molecule has 0 aliphatic heterocycles. The second kappa shape index (κ2) is 6.04. The molecule has 0 saturated carbocycles. The second-order valence-corrected chi connectivity index (χ2v) is 5.27. The Hall–Kier alpha value is -1.58. The molecule has 0 saturated heterocycles. The summed E-state index contributed by atoms with van der Waals surface area (Å²) in [6.07, 6.45) is 10.1. The van der Waals surface area contributed by atoms with Crippen molar-refractivity contribution in [3.8, 4) is 0 Å². The van der Waals surface area contributed by atoms with Gasteiger partial charge in [0.05, 0.1) is 0 Å². The Morgan fingerprint density at radius 2 is 2.32 bits per heavy atom. The Labute approximate surface area is 113 Å². The van der Waals surface area contributed by atoms with Crippen LogP contribution in [-0.2, 0) is 19.1 Å². The average Bonchev–Trinajstić information content (AvgIpc) is 2.43. The molecule has 19 heavy (non-hydrogen) atoms. The Bertz CT molecular complexity index is 410. The number of hydrogen-bond donors (Lipinski definition) is 0. The normalized spacial score (nSPS) is 30.4. The van der Waals surface area contributed by atoms with Gasteiger partial charge in [-0.15, -0.1) is 0 Å². The number of carbonyl (C=O) groups excluding carboxylic acids is 2. The smallest absolute Gasteiger partial charge is 0.351 e.